The summed E-state index contributed by atoms with van der Waals surface area (Å²) in [7, 11) is -0.205. The lowest BCUT2D eigenvalue weighted by molar-refractivity contribution is -0.120. The van der Waals surface area contributed by atoms with Crippen LogP contribution in [0.25, 0.3) is 0 Å². The van der Waals surface area contributed by atoms with E-state index in [0.717, 1.165) is 0 Å². The molecule has 1 aromatic rings. The number of nitrogens with one attached hydrogen (secondary N) is 2. The quantitative estimate of drug-likeness (QED) is 0.764. The van der Waals surface area contributed by atoms with Gasteiger partial charge in [-0.2, -0.15) is 0 Å². The smallest absolute Gasteiger partial charge is 0.251 e. The predicted octanol–water partition coefficient (Wildman–Crippen LogP) is 1.06. The second-order valence-corrected chi connectivity index (χ2v) is 8.31. The SMILES string of the molecule is CCS(=O)(=O)N1CCC(C(=O)Nc2cc(C(=O)NC)ccc2OC)CC1. The van der Waals surface area contributed by atoms with Crippen LogP contribution in [0.1, 0.15) is 30.1 Å². The van der Waals surface area contributed by atoms with Gasteiger partial charge in [-0.15, -0.1) is 0 Å². The summed E-state index contributed by atoms with van der Waals surface area (Å²) in [6.07, 6.45) is 0.922. The van der Waals surface area contributed by atoms with Crippen molar-refractivity contribution in [2.24, 2.45) is 5.92 Å². The van der Waals surface area contributed by atoms with Crippen molar-refractivity contribution < 1.29 is 22.7 Å². The summed E-state index contributed by atoms with van der Waals surface area (Å²) < 4.78 is 30.5. The maximum atomic E-state index is 12.6. The highest BCUT2D eigenvalue weighted by Gasteiger charge is 2.30. The highest BCUT2D eigenvalue weighted by Crippen LogP contribution is 2.28. The van der Waals surface area contributed by atoms with Gasteiger partial charge in [-0.25, -0.2) is 12.7 Å². The summed E-state index contributed by atoms with van der Waals surface area (Å²) in [5.74, 6) is -0.233. The fraction of sp³-hybridized carbons (Fsp3) is 0.529. The number of hydrogen-bond acceptors (Lipinski definition) is 5. The van der Waals surface area contributed by atoms with Crippen LogP contribution in [0, 0.1) is 5.92 Å². The predicted molar refractivity (Wildman–Crippen MR) is 98.8 cm³/mol. The minimum atomic E-state index is -3.22. The number of sulfonamides is 1. The fourth-order valence-corrected chi connectivity index (χ4v) is 4.04. The first-order chi connectivity index (χ1) is 12.3. The Labute approximate surface area is 153 Å². The Morgan fingerprint density at radius 3 is 2.46 bits per heavy atom. The average molecular weight is 383 g/mol. The Morgan fingerprint density at radius 1 is 1.27 bits per heavy atom. The summed E-state index contributed by atoms with van der Waals surface area (Å²) in [5, 5.41) is 5.34. The second kappa shape index (κ2) is 8.50. The lowest BCUT2D eigenvalue weighted by atomic mass is 9.97. The van der Waals surface area contributed by atoms with Gasteiger partial charge in [-0.05, 0) is 38.0 Å². The molecule has 0 radical (unpaired) electrons. The molecule has 0 saturated carbocycles. The Balaban J connectivity index is 2.07. The van der Waals surface area contributed by atoms with Gasteiger partial charge in [-0.3, -0.25) is 9.59 Å². The number of carbonyl (C=O) groups excluding carboxylic acids is 2. The molecule has 0 atom stereocenters. The Bertz CT molecular complexity index is 771. The monoisotopic (exact) mass is 383 g/mol. The van der Waals surface area contributed by atoms with E-state index in [1.807, 2.05) is 0 Å². The van der Waals surface area contributed by atoms with Crippen molar-refractivity contribution >= 4 is 27.5 Å². The molecule has 1 aliphatic rings. The molecule has 0 aliphatic carbocycles. The summed E-state index contributed by atoms with van der Waals surface area (Å²) in [6.45, 7) is 2.28. The zero-order valence-corrected chi connectivity index (χ0v) is 16.1. The van der Waals surface area contributed by atoms with Gasteiger partial charge in [-0.1, -0.05) is 0 Å². The highest BCUT2D eigenvalue weighted by molar-refractivity contribution is 7.89. The molecule has 144 valence electrons. The van der Waals surface area contributed by atoms with Gasteiger partial charge in [0.2, 0.25) is 15.9 Å². The van der Waals surface area contributed by atoms with Gasteiger partial charge in [0.15, 0.2) is 0 Å². The van der Waals surface area contributed by atoms with Crippen LogP contribution >= 0.6 is 0 Å². The van der Waals surface area contributed by atoms with Crippen LogP contribution < -0.4 is 15.4 Å². The number of benzene rings is 1. The van der Waals surface area contributed by atoms with Gasteiger partial charge >= 0.3 is 0 Å². The number of rotatable bonds is 6. The minimum absolute atomic E-state index is 0.0628. The zero-order chi connectivity index (χ0) is 19.3. The van der Waals surface area contributed by atoms with Crippen LogP contribution in [0.15, 0.2) is 18.2 Å². The molecule has 0 aromatic heterocycles. The molecular formula is C17H25N3O5S. The molecule has 0 unspecified atom stereocenters. The van der Waals surface area contributed by atoms with E-state index in [0.29, 0.717) is 42.9 Å². The molecule has 1 fully saturated rings. The number of nitrogens with zero attached hydrogens (tertiary/aromatic N) is 1. The zero-order valence-electron chi connectivity index (χ0n) is 15.2. The maximum absolute atomic E-state index is 12.6. The van der Waals surface area contributed by atoms with E-state index < -0.39 is 10.0 Å². The Morgan fingerprint density at radius 2 is 1.92 bits per heavy atom. The molecule has 1 heterocycles. The molecule has 1 aromatic carbocycles. The lowest BCUT2D eigenvalue weighted by Gasteiger charge is -2.30. The van der Waals surface area contributed by atoms with Crippen molar-refractivity contribution in [1.29, 1.82) is 0 Å². The third kappa shape index (κ3) is 4.53. The van der Waals surface area contributed by atoms with Crippen molar-refractivity contribution in [1.82, 2.24) is 9.62 Å². The number of ether oxygens (including phenoxy) is 1. The van der Waals surface area contributed by atoms with E-state index >= 15 is 0 Å². The fourth-order valence-electron chi connectivity index (χ4n) is 2.90. The molecule has 2 amide bonds. The van der Waals surface area contributed by atoms with E-state index in [2.05, 4.69) is 10.6 Å². The van der Waals surface area contributed by atoms with E-state index in [9.17, 15) is 18.0 Å². The first-order valence-electron chi connectivity index (χ1n) is 8.51. The number of methoxy groups -OCH3 is 1. The summed E-state index contributed by atoms with van der Waals surface area (Å²) in [5.41, 5.74) is 0.828. The Hall–Kier alpha value is -2.13. The van der Waals surface area contributed by atoms with Gasteiger partial charge in [0.05, 0.1) is 18.6 Å². The van der Waals surface area contributed by atoms with E-state index in [4.69, 9.17) is 4.74 Å². The van der Waals surface area contributed by atoms with Gasteiger partial charge in [0.25, 0.3) is 5.91 Å². The molecule has 8 nitrogen and oxygen atoms in total. The number of hydrogen-bond donors (Lipinski definition) is 2. The van der Waals surface area contributed by atoms with E-state index in [1.165, 1.54) is 18.5 Å². The van der Waals surface area contributed by atoms with Crippen molar-refractivity contribution in [3.8, 4) is 5.75 Å². The lowest BCUT2D eigenvalue weighted by Crippen LogP contribution is -2.42. The second-order valence-electron chi connectivity index (χ2n) is 6.06. The van der Waals surface area contributed by atoms with Crippen LogP contribution in [-0.4, -0.2) is 57.5 Å². The van der Waals surface area contributed by atoms with Gasteiger partial charge < -0.3 is 15.4 Å². The molecule has 9 heteroatoms. The highest BCUT2D eigenvalue weighted by atomic mass is 32.2. The first-order valence-corrected chi connectivity index (χ1v) is 10.1. The van der Waals surface area contributed by atoms with Crippen molar-refractivity contribution in [2.45, 2.75) is 19.8 Å². The normalized spacial score (nSPS) is 16.1. The van der Waals surface area contributed by atoms with E-state index in [-0.39, 0.29) is 23.5 Å². The molecule has 26 heavy (non-hydrogen) atoms. The number of anilines is 1. The van der Waals surface area contributed by atoms with Gasteiger partial charge in [0.1, 0.15) is 5.75 Å². The van der Waals surface area contributed by atoms with Crippen LogP contribution in [-0.2, 0) is 14.8 Å². The standard InChI is InChI=1S/C17H25N3O5S/c1-4-26(23,24)20-9-7-12(8-10-20)17(22)19-14-11-13(16(21)18-2)5-6-15(14)25-3/h5-6,11-12H,4,7-10H2,1-3H3,(H,18,21)(H,19,22). The molecule has 1 saturated heterocycles. The molecule has 1 aliphatic heterocycles. The van der Waals surface area contributed by atoms with Crippen LogP contribution in [0.5, 0.6) is 5.75 Å². The molecular weight excluding hydrogens is 358 g/mol. The summed E-state index contributed by atoms with van der Waals surface area (Å²) in [6, 6.07) is 4.80. The number of amides is 2. The van der Waals surface area contributed by atoms with Crippen molar-refractivity contribution in [3.05, 3.63) is 23.8 Å². The molecule has 2 rings (SSSR count). The summed E-state index contributed by atoms with van der Waals surface area (Å²) in [4.78, 5) is 24.4. The third-order valence-corrected chi connectivity index (χ3v) is 6.41. The maximum Gasteiger partial charge on any atom is 0.251 e. The van der Waals surface area contributed by atoms with Crippen molar-refractivity contribution in [2.75, 3.05) is 38.3 Å². The first kappa shape index (κ1) is 20.2. The number of piperidine rings is 1. The Kier molecular flexibility index (Phi) is 6.60. The third-order valence-electron chi connectivity index (χ3n) is 4.53. The summed E-state index contributed by atoms with van der Waals surface area (Å²) >= 11 is 0. The minimum Gasteiger partial charge on any atom is -0.495 e. The van der Waals surface area contributed by atoms with E-state index in [1.54, 1.807) is 25.1 Å². The largest absolute Gasteiger partial charge is 0.495 e. The van der Waals surface area contributed by atoms with Crippen LogP contribution in [0.2, 0.25) is 0 Å². The topological polar surface area (TPSA) is 105 Å². The van der Waals surface area contributed by atoms with Crippen LogP contribution in [0.4, 0.5) is 5.69 Å². The average Bonchev–Trinajstić information content (AvgIpc) is 2.67. The molecule has 0 spiro atoms. The van der Waals surface area contributed by atoms with Crippen molar-refractivity contribution in [3.63, 3.8) is 0 Å². The van der Waals surface area contributed by atoms with Crippen LogP contribution in [0.3, 0.4) is 0 Å². The molecule has 2 N–H and O–H groups in total. The van der Waals surface area contributed by atoms with Gasteiger partial charge in [0, 0.05) is 31.6 Å². The number of carbonyl (C=O) groups is 2. The molecule has 0 bridgehead atoms.